The van der Waals surface area contributed by atoms with Gasteiger partial charge in [-0.1, -0.05) is 86.6 Å². The fourth-order valence-corrected chi connectivity index (χ4v) is 11.8. The zero-order chi connectivity index (χ0) is 71.4. The van der Waals surface area contributed by atoms with Crippen LogP contribution in [-0.2, 0) is 78.4 Å². The molecule has 0 unspecified atom stereocenters. The number of hydrogen-bond acceptors (Lipinski definition) is 17. The van der Waals surface area contributed by atoms with Crippen molar-refractivity contribution in [2.45, 2.75) is 146 Å². The standard InChI is InChI=1S/C68H85N17O14/c1-37(2)26-51(60(91)78-49(14-8-24-73-68(71)72)67(98)85-25-9-15-56(85)65(96)75-33-57(70)88)80-62(93)53(29-40-16-19-41-10-4-5-11-42(41)27-40)81-61(92)52(28-39-17-20-45(21-18-39)99-38(3)87)82-64(95)55(35-86)83-63(94)54(30-43-32-74-48-13-7-6-12-46(43)48)79-59(90)47(69)31-44-34-84(36-76-44)66(97)50-22-23-58(89)77-50/h4-7,10-13,16-21,27,32,34,36-37,47,49-56,74,86H,8-9,14-15,22-26,28-31,33,35,69H2,1-3H3,(H2,70,88)(H,75,96)(H,77,89)(H,78,91)(H,79,90)(H,80,93)(H,81,92)(H,82,95)(H,83,94)(H4,71,72,73)/t47-,49-,50-,51-,52-,53+,54-,55-,56-/m0/s1. The minimum atomic E-state index is -1.80. The molecular formula is C68H85N17O14. The number of imidazole rings is 1. The molecule has 2 fully saturated rings. The lowest BCUT2D eigenvalue weighted by Gasteiger charge is -2.30. The summed E-state index contributed by atoms with van der Waals surface area (Å²) in [5.41, 5.74) is 25.3. The Balaban J connectivity index is 1.05. The van der Waals surface area contributed by atoms with Crippen molar-refractivity contribution in [3.63, 3.8) is 0 Å². The number of guanidine groups is 1. The van der Waals surface area contributed by atoms with E-state index in [0.29, 0.717) is 40.4 Å². The molecule has 8 rings (SSSR count). The predicted molar refractivity (Wildman–Crippen MR) is 362 cm³/mol. The SMILES string of the molecule is CC(=O)Oc1ccc(C[C@H](NC(=O)[C@H](CO)NC(=O)[C@H](Cc2c[nH]c3ccccc23)NC(=O)[C@@H](N)Cc2cn(C(=O)[C@@H]3CCC(=O)N3)cn2)C(=O)N[C@H](Cc2ccc3ccccc3c2)C(=O)N[C@@H](CC(C)C)C(=O)N[C@@H](CCCN=C(N)N)C(=O)N2CCC[C@H]2C(=O)NCC(N)=O)cc1. The van der Waals surface area contributed by atoms with Crippen LogP contribution in [0.5, 0.6) is 5.75 Å². The number of amides is 10. The van der Waals surface area contributed by atoms with Gasteiger partial charge in [-0.3, -0.25) is 67.1 Å². The van der Waals surface area contributed by atoms with E-state index in [0.717, 1.165) is 10.8 Å². The minimum Gasteiger partial charge on any atom is -0.427 e. The molecule has 4 aromatic carbocycles. The van der Waals surface area contributed by atoms with Gasteiger partial charge in [0.2, 0.25) is 59.1 Å². The first kappa shape index (κ1) is 73.7. The number of primary amides is 1. The number of esters is 1. The lowest BCUT2D eigenvalue weighted by Crippen LogP contribution is -2.61. The highest BCUT2D eigenvalue weighted by molar-refractivity contribution is 5.99. The molecule has 2 saturated heterocycles. The van der Waals surface area contributed by atoms with Gasteiger partial charge in [-0.15, -0.1) is 0 Å². The highest BCUT2D eigenvalue weighted by Gasteiger charge is 2.40. The zero-order valence-corrected chi connectivity index (χ0v) is 55.1. The first-order valence-corrected chi connectivity index (χ1v) is 32.6. The number of benzene rings is 4. The number of rotatable bonds is 33. The molecule has 0 spiro atoms. The van der Waals surface area contributed by atoms with Crippen LogP contribution in [0.2, 0.25) is 0 Å². The smallest absolute Gasteiger partial charge is 0.308 e. The van der Waals surface area contributed by atoms with E-state index in [1.807, 2.05) is 36.4 Å². The first-order valence-electron chi connectivity index (χ1n) is 32.6. The van der Waals surface area contributed by atoms with E-state index in [2.05, 4.69) is 57.5 Å². The number of aromatic nitrogens is 3. The van der Waals surface area contributed by atoms with Crippen molar-refractivity contribution in [1.29, 1.82) is 0 Å². The fourth-order valence-electron chi connectivity index (χ4n) is 11.8. The van der Waals surface area contributed by atoms with Crippen LogP contribution in [0.1, 0.15) is 92.9 Å². The zero-order valence-electron chi connectivity index (χ0n) is 55.1. The Morgan fingerprint density at radius 2 is 1.31 bits per heavy atom. The highest BCUT2D eigenvalue weighted by Crippen LogP contribution is 2.24. The molecule has 526 valence electrons. The van der Waals surface area contributed by atoms with Gasteiger partial charge in [0, 0.05) is 75.4 Å². The molecule has 2 aliphatic heterocycles. The summed E-state index contributed by atoms with van der Waals surface area (Å²) in [5.74, 6) is -9.12. The molecule has 10 amide bonds. The Labute approximate surface area is 569 Å². The number of aromatic amines is 1. The van der Waals surface area contributed by atoms with Crippen molar-refractivity contribution in [2.24, 2.45) is 33.8 Å². The number of carbonyl (C=O) groups is 12. The van der Waals surface area contributed by atoms with E-state index in [-0.39, 0.29) is 100 Å². The minimum absolute atomic E-state index is 0.0138. The van der Waals surface area contributed by atoms with Gasteiger partial charge in [0.15, 0.2) is 5.96 Å². The molecule has 31 heteroatoms. The number of hydrogen-bond donors (Lipinski definition) is 14. The topological polar surface area (TPSA) is 484 Å². The van der Waals surface area contributed by atoms with Crippen molar-refractivity contribution in [1.82, 2.24) is 62.0 Å². The van der Waals surface area contributed by atoms with E-state index in [1.54, 1.807) is 50.4 Å². The Morgan fingerprint density at radius 3 is 1.97 bits per heavy atom. The largest absolute Gasteiger partial charge is 0.427 e. The number of fused-ring (bicyclic) bond motifs is 2. The summed E-state index contributed by atoms with van der Waals surface area (Å²) < 4.78 is 6.42. The molecule has 9 atom stereocenters. The van der Waals surface area contributed by atoms with E-state index >= 15 is 9.59 Å². The summed E-state index contributed by atoms with van der Waals surface area (Å²) in [5, 5.41) is 34.6. The number of carbonyl (C=O) groups excluding carboxylic acids is 12. The lowest BCUT2D eigenvalue weighted by atomic mass is 9.98. The average Bonchev–Trinajstić information content (AvgIpc) is 1.81. The highest BCUT2D eigenvalue weighted by atomic mass is 16.5. The van der Waals surface area contributed by atoms with Crippen LogP contribution in [0, 0.1) is 5.92 Å². The molecule has 0 bridgehead atoms. The van der Waals surface area contributed by atoms with Gasteiger partial charge in [0.1, 0.15) is 60.4 Å². The van der Waals surface area contributed by atoms with Crippen LogP contribution >= 0.6 is 0 Å². The van der Waals surface area contributed by atoms with Gasteiger partial charge >= 0.3 is 5.97 Å². The summed E-state index contributed by atoms with van der Waals surface area (Å²) in [6.07, 6.45) is 4.76. The van der Waals surface area contributed by atoms with Crippen LogP contribution in [0.15, 0.2) is 115 Å². The third kappa shape index (κ3) is 21.0. The van der Waals surface area contributed by atoms with Gasteiger partial charge in [0.25, 0.3) is 5.91 Å². The number of nitrogens with zero attached hydrogens (tertiary/aromatic N) is 4. The number of nitrogens with one attached hydrogen (secondary N) is 9. The summed E-state index contributed by atoms with van der Waals surface area (Å²) >= 11 is 0. The molecule has 0 aliphatic carbocycles. The molecule has 2 aromatic heterocycles. The number of aliphatic hydroxyl groups excluding tert-OH is 1. The maximum Gasteiger partial charge on any atom is 0.308 e. The van der Waals surface area contributed by atoms with Gasteiger partial charge in [-0.05, 0) is 90.1 Å². The van der Waals surface area contributed by atoms with Crippen molar-refractivity contribution in [3.05, 3.63) is 132 Å². The monoisotopic (exact) mass is 1360 g/mol. The first-order chi connectivity index (χ1) is 47.3. The van der Waals surface area contributed by atoms with E-state index < -0.39 is 133 Å². The summed E-state index contributed by atoms with van der Waals surface area (Å²) in [6, 6.07) is 13.8. The van der Waals surface area contributed by atoms with Crippen LogP contribution in [-0.4, -0.2) is 182 Å². The Kier molecular flexibility index (Phi) is 25.9. The molecule has 0 saturated carbocycles. The van der Waals surface area contributed by atoms with E-state index in [1.165, 1.54) is 53.2 Å². The molecule has 99 heavy (non-hydrogen) atoms. The van der Waals surface area contributed by atoms with Gasteiger partial charge in [0.05, 0.1) is 24.9 Å². The van der Waals surface area contributed by atoms with Crippen molar-refractivity contribution >= 4 is 98.6 Å². The Morgan fingerprint density at radius 1 is 0.707 bits per heavy atom. The van der Waals surface area contributed by atoms with E-state index in [4.69, 9.17) is 27.7 Å². The summed E-state index contributed by atoms with van der Waals surface area (Å²) in [6.45, 7) is 3.52. The van der Waals surface area contributed by atoms with Crippen molar-refractivity contribution < 1.29 is 67.4 Å². The fraction of sp³-hybridized carbons (Fsp3) is 0.412. The van der Waals surface area contributed by atoms with Crippen LogP contribution in [0.25, 0.3) is 21.7 Å². The number of H-pyrrole nitrogens is 1. The van der Waals surface area contributed by atoms with Gasteiger partial charge < -0.3 is 85.2 Å². The number of para-hydroxylation sites is 1. The number of nitrogens with two attached hydrogens (primary N) is 4. The number of ether oxygens (including phenoxy) is 1. The molecule has 6 aromatic rings. The third-order valence-corrected chi connectivity index (χ3v) is 16.8. The third-order valence-electron chi connectivity index (χ3n) is 16.8. The maximum atomic E-state index is 15.2. The maximum absolute atomic E-state index is 15.2. The van der Waals surface area contributed by atoms with Crippen molar-refractivity contribution in [3.8, 4) is 5.75 Å². The summed E-state index contributed by atoms with van der Waals surface area (Å²) in [4.78, 5) is 177. The molecular weight excluding hydrogens is 1280 g/mol. The average molecular weight is 1360 g/mol. The molecule has 18 N–H and O–H groups in total. The summed E-state index contributed by atoms with van der Waals surface area (Å²) in [7, 11) is 0. The Hall–Kier alpha value is -11.1. The molecule has 2 aliphatic rings. The normalized spacial score (nSPS) is 16.4. The number of aliphatic hydroxyl groups is 1. The quantitative estimate of drug-likeness (QED) is 0.00737. The number of likely N-dealkylation sites (tertiary alicyclic amines) is 1. The second-order valence-electron chi connectivity index (χ2n) is 25.0. The van der Waals surface area contributed by atoms with Crippen molar-refractivity contribution in [2.75, 3.05) is 26.2 Å². The van der Waals surface area contributed by atoms with Gasteiger partial charge in [-0.2, -0.15) is 0 Å². The van der Waals surface area contributed by atoms with Gasteiger partial charge in [-0.25, -0.2) is 4.98 Å². The van der Waals surface area contributed by atoms with Crippen LogP contribution in [0.4, 0.5) is 0 Å². The second kappa shape index (κ2) is 34.7. The second-order valence-corrected chi connectivity index (χ2v) is 25.0. The van der Waals surface area contributed by atoms with Crippen LogP contribution in [0.3, 0.4) is 0 Å². The Bertz CT molecular complexity index is 3980. The predicted octanol–water partition coefficient (Wildman–Crippen LogP) is -1.45. The lowest BCUT2D eigenvalue weighted by molar-refractivity contribution is -0.142. The molecule has 31 nitrogen and oxygen atoms in total. The van der Waals surface area contributed by atoms with E-state index in [9.17, 15) is 53.1 Å². The van der Waals surface area contributed by atoms with Crippen LogP contribution < -0.4 is 70.2 Å². The molecule has 4 heterocycles. The molecule has 0 radical (unpaired) electrons. The number of aliphatic imine (C=N–C) groups is 1.